The number of aryl methyl sites for hydroxylation is 1. The highest BCUT2D eigenvalue weighted by Crippen LogP contribution is 2.28. The number of carbonyl (C=O) groups excluding carboxylic acids is 1. The van der Waals surface area contributed by atoms with Crippen molar-refractivity contribution in [3.63, 3.8) is 0 Å². The highest BCUT2D eigenvalue weighted by Gasteiger charge is 2.36. The van der Waals surface area contributed by atoms with Crippen molar-refractivity contribution >= 4 is 15.7 Å². The molecule has 0 atom stereocenters. The Morgan fingerprint density at radius 1 is 1.03 bits per heavy atom. The Bertz CT molecular complexity index is 1140. The third-order valence-electron chi connectivity index (χ3n) is 5.18. The summed E-state index contributed by atoms with van der Waals surface area (Å²) in [6.45, 7) is 0.695. The summed E-state index contributed by atoms with van der Waals surface area (Å²) in [6, 6.07) is 16.3. The number of hydrogen-bond acceptors (Lipinski definition) is 6. The summed E-state index contributed by atoms with van der Waals surface area (Å²) in [4.78, 5) is 14.8. The van der Waals surface area contributed by atoms with E-state index in [1.807, 2.05) is 36.4 Å². The first-order chi connectivity index (χ1) is 14.5. The van der Waals surface area contributed by atoms with Gasteiger partial charge in [-0.2, -0.15) is 0 Å². The molecule has 9 heteroatoms. The summed E-state index contributed by atoms with van der Waals surface area (Å²) in [5.41, 5.74) is 0.455. The molecule has 0 spiro atoms. The molecule has 0 bridgehead atoms. The van der Waals surface area contributed by atoms with Gasteiger partial charge in [-0.3, -0.25) is 4.79 Å². The van der Waals surface area contributed by atoms with Crippen molar-refractivity contribution in [1.29, 1.82) is 0 Å². The summed E-state index contributed by atoms with van der Waals surface area (Å²) in [7, 11) is -1.98. The van der Waals surface area contributed by atoms with Crippen molar-refractivity contribution in [2.24, 2.45) is 7.05 Å². The number of ether oxygens (including phenoxy) is 1. The summed E-state index contributed by atoms with van der Waals surface area (Å²) in [6.07, 6.45) is 2.07. The standard InChI is InChI=1S/C21H22N4O4S/c1-24-15-22-23-21(24)30(27,28)17-11-13-25(14-12-17)20(26)18-9-5-6-10-19(18)29-16-7-3-2-4-8-16/h2-10,15,17H,11-14H2,1H3. The second kappa shape index (κ2) is 8.27. The van der Waals surface area contributed by atoms with Gasteiger partial charge in [0.2, 0.25) is 15.0 Å². The number of amides is 1. The molecular weight excluding hydrogens is 404 g/mol. The third-order valence-corrected chi connectivity index (χ3v) is 7.41. The van der Waals surface area contributed by atoms with E-state index in [1.54, 1.807) is 30.1 Å². The second-order valence-electron chi connectivity index (χ2n) is 7.17. The van der Waals surface area contributed by atoms with Gasteiger partial charge in [0.1, 0.15) is 17.8 Å². The van der Waals surface area contributed by atoms with Gasteiger partial charge in [0, 0.05) is 20.1 Å². The quantitative estimate of drug-likeness (QED) is 0.623. The van der Waals surface area contributed by atoms with Crippen LogP contribution in [-0.2, 0) is 16.9 Å². The van der Waals surface area contributed by atoms with Crippen LogP contribution in [-0.4, -0.2) is 52.3 Å². The number of sulfone groups is 1. The Balaban J connectivity index is 1.47. The maximum Gasteiger partial charge on any atom is 0.257 e. The van der Waals surface area contributed by atoms with Gasteiger partial charge in [0.15, 0.2) is 0 Å². The lowest BCUT2D eigenvalue weighted by atomic mass is 10.1. The van der Waals surface area contributed by atoms with Crippen molar-refractivity contribution in [1.82, 2.24) is 19.7 Å². The molecule has 4 rings (SSSR count). The Kier molecular flexibility index (Phi) is 5.54. The van der Waals surface area contributed by atoms with E-state index in [0.717, 1.165) is 0 Å². The molecule has 1 aliphatic heterocycles. The number of nitrogens with zero attached hydrogens (tertiary/aromatic N) is 4. The highest BCUT2D eigenvalue weighted by atomic mass is 32.2. The molecule has 1 fully saturated rings. The summed E-state index contributed by atoms with van der Waals surface area (Å²) < 4.78 is 33.0. The van der Waals surface area contributed by atoms with Crippen LogP contribution < -0.4 is 4.74 Å². The van der Waals surface area contributed by atoms with Crippen LogP contribution in [0.3, 0.4) is 0 Å². The number of aromatic nitrogens is 3. The minimum absolute atomic E-state index is 0.0334. The summed E-state index contributed by atoms with van der Waals surface area (Å²) in [5.74, 6) is 0.949. The zero-order valence-corrected chi connectivity index (χ0v) is 17.3. The zero-order chi connectivity index (χ0) is 21.1. The number of piperidine rings is 1. The van der Waals surface area contributed by atoms with Crippen LogP contribution in [0.2, 0.25) is 0 Å². The Morgan fingerprint density at radius 3 is 2.37 bits per heavy atom. The SMILES string of the molecule is Cn1cnnc1S(=O)(=O)C1CCN(C(=O)c2ccccc2Oc2ccccc2)CC1. The molecule has 30 heavy (non-hydrogen) atoms. The lowest BCUT2D eigenvalue weighted by molar-refractivity contribution is 0.0723. The zero-order valence-electron chi connectivity index (χ0n) is 16.5. The largest absolute Gasteiger partial charge is 0.457 e. The molecule has 8 nitrogen and oxygen atoms in total. The lowest BCUT2D eigenvalue weighted by Gasteiger charge is -2.31. The van der Waals surface area contributed by atoms with E-state index in [0.29, 0.717) is 43.0 Å². The van der Waals surface area contributed by atoms with Crippen molar-refractivity contribution in [3.05, 3.63) is 66.5 Å². The predicted molar refractivity (Wildman–Crippen MR) is 110 cm³/mol. The molecule has 1 amide bonds. The van der Waals surface area contributed by atoms with Gasteiger partial charge < -0.3 is 14.2 Å². The van der Waals surface area contributed by atoms with E-state index in [9.17, 15) is 13.2 Å². The second-order valence-corrected chi connectivity index (χ2v) is 9.29. The number of carbonyl (C=O) groups is 1. The van der Waals surface area contributed by atoms with Crippen LogP contribution in [0.1, 0.15) is 23.2 Å². The van der Waals surface area contributed by atoms with E-state index < -0.39 is 15.1 Å². The topological polar surface area (TPSA) is 94.4 Å². The van der Waals surface area contributed by atoms with Crippen LogP contribution in [0, 0.1) is 0 Å². The number of para-hydroxylation sites is 2. The molecule has 1 saturated heterocycles. The molecule has 0 aliphatic carbocycles. The fraction of sp³-hybridized carbons (Fsp3) is 0.286. The molecular formula is C21H22N4O4S. The number of likely N-dealkylation sites (tertiary alicyclic amines) is 1. The Hall–Kier alpha value is -3.20. The molecule has 1 aliphatic rings. The smallest absolute Gasteiger partial charge is 0.257 e. The maximum atomic E-state index is 13.1. The summed E-state index contributed by atoms with van der Waals surface area (Å²) in [5, 5.41) is 6.79. The summed E-state index contributed by atoms with van der Waals surface area (Å²) >= 11 is 0. The number of rotatable bonds is 5. The first kappa shape index (κ1) is 20.1. The molecule has 0 radical (unpaired) electrons. The van der Waals surface area contributed by atoms with Crippen LogP contribution in [0.5, 0.6) is 11.5 Å². The van der Waals surface area contributed by atoms with E-state index in [4.69, 9.17) is 4.74 Å². The van der Waals surface area contributed by atoms with Crippen LogP contribution in [0.15, 0.2) is 66.1 Å². The lowest BCUT2D eigenvalue weighted by Crippen LogP contribution is -2.43. The highest BCUT2D eigenvalue weighted by molar-refractivity contribution is 7.91. The average molecular weight is 426 g/mol. The molecule has 2 aromatic carbocycles. The van der Waals surface area contributed by atoms with Crippen LogP contribution in [0.4, 0.5) is 0 Å². The van der Waals surface area contributed by atoms with Crippen molar-refractivity contribution in [2.75, 3.05) is 13.1 Å². The van der Waals surface area contributed by atoms with Gasteiger partial charge in [-0.1, -0.05) is 30.3 Å². The first-order valence-electron chi connectivity index (χ1n) is 9.66. The van der Waals surface area contributed by atoms with Crippen molar-refractivity contribution < 1.29 is 17.9 Å². The molecule has 3 aromatic rings. The van der Waals surface area contributed by atoms with E-state index in [1.165, 1.54) is 10.9 Å². The van der Waals surface area contributed by atoms with Crippen LogP contribution >= 0.6 is 0 Å². The number of benzene rings is 2. The van der Waals surface area contributed by atoms with Crippen molar-refractivity contribution in [2.45, 2.75) is 23.2 Å². The molecule has 0 N–H and O–H groups in total. The van der Waals surface area contributed by atoms with E-state index >= 15 is 0 Å². The fourth-order valence-corrected chi connectivity index (χ4v) is 5.31. The normalized spacial score (nSPS) is 15.2. The monoisotopic (exact) mass is 426 g/mol. The van der Waals surface area contributed by atoms with Gasteiger partial charge >= 0.3 is 0 Å². The van der Waals surface area contributed by atoms with E-state index in [2.05, 4.69) is 10.2 Å². The van der Waals surface area contributed by atoms with Gasteiger partial charge in [0.25, 0.3) is 5.91 Å². The third kappa shape index (κ3) is 3.93. The minimum atomic E-state index is -3.59. The number of hydrogen-bond donors (Lipinski definition) is 0. The van der Waals surface area contributed by atoms with E-state index in [-0.39, 0.29) is 11.1 Å². The van der Waals surface area contributed by atoms with Crippen LogP contribution in [0.25, 0.3) is 0 Å². The molecule has 1 aromatic heterocycles. The van der Waals surface area contributed by atoms with Gasteiger partial charge in [0.05, 0.1) is 10.8 Å². The fourth-order valence-electron chi connectivity index (χ4n) is 3.57. The first-order valence-corrected chi connectivity index (χ1v) is 11.2. The van der Waals surface area contributed by atoms with Gasteiger partial charge in [-0.25, -0.2) is 8.42 Å². The predicted octanol–water partition coefficient (Wildman–Crippen LogP) is 2.69. The van der Waals surface area contributed by atoms with Crippen molar-refractivity contribution in [3.8, 4) is 11.5 Å². The Morgan fingerprint density at radius 2 is 1.70 bits per heavy atom. The molecule has 2 heterocycles. The average Bonchev–Trinajstić information content (AvgIpc) is 3.21. The maximum absolute atomic E-state index is 13.1. The molecule has 0 saturated carbocycles. The van der Waals surface area contributed by atoms with Gasteiger partial charge in [-0.05, 0) is 37.1 Å². The molecule has 0 unspecified atom stereocenters. The molecule has 156 valence electrons. The van der Waals surface area contributed by atoms with Gasteiger partial charge in [-0.15, -0.1) is 10.2 Å². The minimum Gasteiger partial charge on any atom is -0.457 e. The Labute approximate surface area is 175 Å².